The second-order valence-corrected chi connectivity index (χ2v) is 8.50. The number of aliphatic imine (C=N–C) groups is 2. The molecule has 0 atom stereocenters. The van der Waals surface area contributed by atoms with Crippen LogP contribution in [0.15, 0.2) is 70.6 Å². The lowest BCUT2D eigenvalue weighted by molar-refractivity contribution is 0.557. The summed E-state index contributed by atoms with van der Waals surface area (Å²) in [6.07, 6.45) is 5.68. The average Bonchev–Trinajstić information content (AvgIpc) is 2.89. The summed E-state index contributed by atoms with van der Waals surface area (Å²) >= 11 is 0. The monoisotopic (exact) mass is 816 g/mol. The van der Waals surface area contributed by atoms with Crippen LogP contribution in [0.1, 0.15) is 50.7 Å². The van der Waals surface area contributed by atoms with Gasteiger partial charge in [0.2, 0.25) is 0 Å². The van der Waals surface area contributed by atoms with Crippen molar-refractivity contribution in [3.63, 3.8) is 0 Å². The molecule has 2 rings (SSSR count). The minimum atomic E-state index is 0. The number of hydrogen-bond donors (Lipinski definition) is 6. The molecule has 0 saturated heterocycles. The van der Waals surface area contributed by atoms with Gasteiger partial charge >= 0.3 is 0 Å². The van der Waals surface area contributed by atoms with Crippen molar-refractivity contribution in [2.45, 2.75) is 52.6 Å². The van der Waals surface area contributed by atoms with Crippen LogP contribution in [0, 0.1) is 0 Å². The highest BCUT2D eigenvalue weighted by molar-refractivity contribution is 8.93. The summed E-state index contributed by atoms with van der Waals surface area (Å²) in [5.74, 6) is 1.02. The van der Waals surface area contributed by atoms with E-state index in [1.54, 1.807) is 0 Å². The molecule has 0 aromatic heterocycles. The number of unbranched alkanes of at least 4 members (excludes halogenated alkanes) is 2. The maximum absolute atomic E-state index is 5.91. The fraction of sp³-hybridized carbons (Fsp3) is 0.500. The Balaban J connectivity index is -0.00000130. The van der Waals surface area contributed by atoms with Crippen molar-refractivity contribution < 1.29 is 0 Å². The van der Waals surface area contributed by atoms with Gasteiger partial charge in [0.25, 0.3) is 0 Å². The standard InChI is InChI=1S/C27H44N8.CH4.4BrH/c28-26(34-22-24-12-4-1-5-13-24)32-20-10-18-30-16-8-3-9-17-31-19-11-21-33-27(29)35-23-25-14-6-2-7-15-25;;;;;/h1-2,4-7,12-15,30-31H,3,8-11,16-23H2,(H3,28,32,34)(H3,29,33,35);1H4;4*1H. The van der Waals surface area contributed by atoms with Gasteiger partial charge in [-0.05, 0) is 63.0 Å². The Hall–Kier alpha value is -1.18. The van der Waals surface area contributed by atoms with E-state index in [9.17, 15) is 0 Å². The Kier molecular flexibility index (Phi) is 37.0. The molecule has 40 heavy (non-hydrogen) atoms. The zero-order chi connectivity index (χ0) is 24.8. The molecule has 0 radical (unpaired) electrons. The molecular formula is C28H52Br4N8. The maximum Gasteiger partial charge on any atom is 0.188 e. The highest BCUT2D eigenvalue weighted by Crippen LogP contribution is 2.00. The Morgan fingerprint density at radius 3 is 1.23 bits per heavy atom. The predicted octanol–water partition coefficient (Wildman–Crippen LogP) is 5.27. The minimum absolute atomic E-state index is 0. The van der Waals surface area contributed by atoms with Crippen molar-refractivity contribution >= 4 is 79.8 Å². The lowest BCUT2D eigenvalue weighted by Crippen LogP contribution is -2.34. The Labute approximate surface area is 284 Å². The minimum Gasteiger partial charge on any atom is -0.370 e. The maximum atomic E-state index is 5.91. The van der Waals surface area contributed by atoms with Gasteiger partial charge in [0.1, 0.15) is 0 Å². The zero-order valence-electron chi connectivity index (χ0n) is 22.6. The molecule has 0 amide bonds. The van der Waals surface area contributed by atoms with Crippen molar-refractivity contribution in [2.75, 3.05) is 39.3 Å². The third kappa shape index (κ3) is 25.8. The molecule has 232 valence electrons. The van der Waals surface area contributed by atoms with Gasteiger partial charge in [0.05, 0.1) is 13.1 Å². The van der Waals surface area contributed by atoms with Crippen molar-refractivity contribution in [3.8, 4) is 0 Å². The highest BCUT2D eigenvalue weighted by Gasteiger charge is 1.96. The van der Waals surface area contributed by atoms with Crippen LogP contribution >= 0.6 is 67.9 Å². The summed E-state index contributed by atoms with van der Waals surface area (Å²) in [7, 11) is 0. The molecule has 0 saturated carbocycles. The van der Waals surface area contributed by atoms with Gasteiger partial charge < -0.3 is 32.7 Å². The van der Waals surface area contributed by atoms with Gasteiger partial charge in [0.15, 0.2) is 11.9 Å². The van der Waals surface area contributed by atoms with E-state index in [1.807, 2.05) is 36.4 Å². The van der Waals surface area contributed by atoms with Crippen LogP contribution in [0.4, 0.5) is 0 Å². The number of nitrogens with one attached hydrogen (secondary N) is 4. The van der Waals surface area contributed by atoms with Crippen LogP contribution in [-0.2, 0) is 13.1 Å². The molecule has 0 aliphatic rings. The number of hydrogen-bond acceptors (Lipinski definition) is 4. The largest absolute Gasteiger partial charge is 0.370 e. The molecule has 0 aliphatic heterocycles. The van der Waals surface area contributed by atoms with Crippen molar-refractivity contribution in [1.29, 1.82) is 0 Å². The normalized spacial score (nSPS) is 10.5. The SMILES string of the molecule is Br.Br.Br.Br.C.NC(=NCc1ccccc1)NCCCNCCCCCNCCCNC(N)=NCc1ccccc1. The third-order valence-electron chi connectivity index (χ3n) is 5.43. The first kappa shape index (κ1) is 45.8. The van der Waals surface area contributed by atoms with E-state index in [1.165, 1.54) is 19.3 Å². The summed E-state index contributed by atoms with van der Waals surface area (Å²) < 4.78 is 0. The number of benzene rings is 2. The van der Waals surface area contributed by atoms with Gasteiger partial charge in [0, 0.05) is 13.1 Å². The topological polar surface area (TPSA) is 125 Å². The molecule has 12 heteroatoms. The first-order valence-corrected chi connectivity index (χ1v) is 12.8. The molecule has 2 aromatic rings. The van der Waals surface area contributed by atoms with Gasteiger partial charge in [-0.1, -0.05) is 74.5 Å². The van der Waals surface area contributed by atoms with E-state index in [-0.39, 0.29) is 75.4 Å². The van der Waals surface area contributed by atoms with Crippen molar-refractivity contribution in [2.24, 2.45) is 21.5 Å². The summed E-state index contributed by atoms with van der Waals surface area (Å²) in [6.45, 7) is 6.99. The molecule has 0 unspecified atom stereocenters. The molecule has 0 spiro atoms. The predicted molar refractivity (Wildman–Crippen MR) is 196 cm³/mol. The molecular weight excluding hydrogens is 768 g/mol. The first-order chi connectivity index (χ1) is 17.2. The van der Waals surface area contributed by atoms with Crippen LogP contribution in [0.2, 0.25) is 0 Å². The number of halogens is 4. The summed E-state index contributed by atoms with van der Waals surface area (Å²) in [5, 5.41) is 13.3. The van der Waals surface area contributed by atoms with Crippen molar-refractivity contribution in [3.05, 3.63) is 71.8 Å². The lowest BCUT2D eigenvalue weighted by Gasteiger charge is -2.08. The van der Waals surface area contributed by atoms with Gasteiger partial charge in [-0.3, -0.25) is 0 Å². The quantitative estimate of drug-likeness (QED) is 0.0693. The zero-order valence-corrected chi connectivity index (χ0v) is 29.5. The van der Waals surface area contributed by atoms with E-state index >= 15 is 0 Å². The van der Waals surface area contributed by atoms with E-state index in [2.05, 4.69) is 55.5 Å². The molecule has 8 N–H and O–H groups in total. The molecule has 0 fully saturated rings. The first-order valence-electron chi connectivity index (χ1n) is 12.8. The van der Waals surface area contributed by atoms with Crippen molar-refractivity contribution in [1.82, 2.24) is 21.3 Å². The van der Waals surface area contributed by atoms with Crippen LogP contribution in [0.25, 0.3) is 0 Å². The van der Waals surface area contributed by atoms with E-state index < -0.39 is 0 Å². The fourth-order valence-electron chi connectivity index (χ4n) is 3.42. The van der Waals surface area contributed by atoms with Crippen LogP contribution < -0.4 is 32.7 Å². The van der Waals surface area contributed by atoms with Gasteiger partial charge in [-0.15, -0.1) is 67.9 Å². The smallest absolute Gasteiger partial charge is 0.188 e. The fourth-order valence-corrected chi connectivity index (χ4v) is 3.42. The van der Waals surface area contributed by atoms with E-state index in [0.29, 0.717) is 25.0 Å². The number of rotatable bonds is 18. The van der Waals surface area contributed by atoms with Crippen LogP contribution in [0.3, 0.4) is 0 Å². The van der Waals surface area contributed by atoms with Crippen LogP contribution in [-0.4, -0.2) is 51.2 Å². The number of nitrogens with two attached hydrogens (primary N) is 2. The second-order valence-electron chi connectivity index (χ2n) is 8.50. The second kappa shape index (κ2) is 32.3. The molecule has 2 aromatic carbocycles. The number of nitrogens with zero attached hydrogens (tertiary/aromatic N) is 2. The molecule has 0 aliphatic carbocycles. The summed E-state index contributed by atoms with van der Waals surface area (Å²) in [6, 6.07) is 20.3. The summed E-state index contributed by atoms with van der Waals surface area (Å²) in [4.78, 5) is 8.72. The van der Waals surface area contributed by atoms with Gasteiger partial charge in [-0.25, -0.2) is 9.98 Å². The summed E-state index contributed by atoms with van der Waals surface area (Å²) in [5.41, 5.74) is 14.2. The van der Waals surface area contributed by atoms with E-state index in [0.717, 1.165) is 63.2 Å². The van der Waals surface area contributed by atoms with E-state index in [4.69, 9.17) is 11.5 Å². The molecule has 0 heterocycles. The Morgan fingerprint density at radius 2 is 0.850 bits per heavy atom. The Morgan fingerprint density at radius 1 is 0.500 bits per heavy atom. The molecule has 8 nitrogen and oxygen atoms in total. The van der Waals surface area contributed by atoms with Gasteiger partial charge in [-0.2, -0.15) is 0 Å². The highest BCUT2D eigenvalue weighted by atomic mass is 79.9. The number of guanidine groups is 2. The Bertz CT molecular complexity index is 773. The van der Waals surface area contributed by atoms with Crippen LogP contribution in [0.5, 0.6) is 0 Å². The lowest BCUT2D eigenvalue weighted by atomic mass is 10.2. The third-order valence-corrected chi connectivity index (χ3v) is 5.43. The molecule has 0 bridgehead atoms. The average molecular weight is 820 g/mol.